The predicted octanol–water partition coefficient (Wildman–Crippen LogP) is 3.48. The van der Waals surface area contributed by atoms with Gasteiger partial charge in [0.25, 0.3) is 11.5 Å². The molecule has 3 aromatic rings. The van der Waals surface area contributed by atoms with Gasteiger partial charge in [-0.15, -0.1) is 0 Å². The lowest BCUT2D eigenvalue weighted by molar-refractivity contribution is -0.116. The van der Waals surface area contributed by atoms with Gasteiger partial charge in [0.2, 0.25) is 5.91 Å². The van der Waals surface area contributed by atoms with Crippen LogP contribution in [-0.2, 0) is 17.8 Å². The summed E-state index contributed by atoms with van der Waals surface area (Å²) in [7, 11) is 0. The van der Waals surface area contributed by atoms with Crippen LogP contribution in [-0.4, -0.2) is 27.6 Å². The van der Waals surface area contributed by atoms with Gasteiger partial charge in [0, 0.05) is 29.9 Å². The van der Waals surface area contributed by atoms with Crippen LogP contribution in [0.4, 0.5) is 11.4 Å². The Balaban J connectivity index is 1.48. The molecule has 0 aliphatic carbocycles. The second-order valence-corrected chi connectivity index (χ2v) is 8.31. The molecular formula is C25H26N4O3. The number of aromatic nitrogens is 2. The van der Waals surface area contributed by atoms with Gasteiger partial charge in [-0.2, -0.15) is 5.10 Å². The number of carbonyl (C=O) groups is 2. The van der Waals surface area contributed by atoms with Crippen molar-refractivity contribution in [1.29, 1.82) is 0 Å². The molecule has 0 saturated carbocycles. The number of aryl methyl sites for hydroxylation is 3. The average molecular weight is 431 g/mol. The first-order chi connectivity index (χ1) is 15.3. The van der Waals surface area contributed by atoms with Gasteiger partial charge < -0.3 is 10.2 Å². The average Bonchev–Trinajstić information content (AvgIpc) is 3.07. The van der Waals surface area contributed by atoms with Gasteiger partial charge in [0.05, 0.1) is 6.54 Å². The summed E-state index contributed by atoms with van der Waals surface area (Å²) in [6.07, 6.45) is 0.848. The molecule has 1 atom stereocenters. The fourth-order valence-corrected chi connectivity index (χ4v) is 4.20. The smallest absolute Gasteiger partial charge is 0.278 e. The fourth-order valence-electron chi connectivity index (χ4n) is 4.20. The summed E-state index contributed by atoms with van der Waals surface area (Å²) in [5, 5.41) is 7.12. The minimum Gasteiger partial charge on any atom is -0.326 e. The van der Waals surface area contributed by atoms with Crippen LogP contribution in [0.5, 0.6) is 0 Å². The topological polar surface area (TPSA) is 84.3 Å². The standard InChI is InChI=1S/C25H26N4O3/c1-16-12-17(2)14-20(13-16)26-23(30)10-11-28-24(31)9-8-21(27-28)25(32)29-18(3)15-19-6-4-5-7-22(19)29/h4-9,12-14,18H,10-11,15H2,1-3H3,(H,26,30)/t18-/m1/s1. The van der Waals surface area contributed by atoms with Crippen LogP contribution in [0.25, 0.3) is 0 Å². The number of benzene rings is 2. The molecule has 2 aromatic carbocycles. The molecule has 1 aromatic heterocycles. The van der Waals surface area contributed by atoms with Crippen molar-refractivity contribution in [2.75, 3.05) is 10.2 Å². The van der Waals surface area contributed by atoms with E-state index in [-0.39, 0.29) is 42.1 Å². The SMILES string of the molecule is Cc1cc(C)cc(NC(=O)CCn2nc(C(=O)N3c4ccccc4C[C@H]3C)ccc2=O)c1. The van der Waals surface area contributed by atoms with E-state index in [0.29, 0.717) is 0 Å². The van der Waals surface area contributed by atoms with Gasteiger partial charge in [-0.05, 0) is 68.1 Å². The van der Waals surface area contributed by atoms with Gasteiger partial charge in [-0.3, -0.25) is 14.4 Å². The number of nitrogens with one attached hydrogen (secondary N) is 1. The molecule has 1 aliphatic heterocycles. The summed E-state index contributed by atoms with van der Waals surface area (Å²) >= 11 is 0. The van der Waals surface area contributed by atoms with Crippen LogP contribution in [0.3, 0.4) is 0 Å². The van der Waals surface area contributed by atoms with Gasteiger partial charge in [0.1, 0.15) is 5.69 Å². The highest BCUT2D eigenvalue weighted by molar-refractivity contribution is 6.06. The van der Waals surface area contributed by atoms with E-state index in [9.17, 15) is 14.4 Å². The van der Waals surface area contributed by atoms with E-state index in [0.717, 1.165) is 34.5 Å². The van der Waals surface area contributed by atoms with Crippen molar-refractivity contribution in [3.05, 3.63) is 87.3 Å². The molecule has 7 nitrogen and oxygen atoms in total. The zero-order valence-electron chi connectivity index (χ0n) is 18.5. The zero-order chi connectivity index (χ0) is 22.8. The van der Waals surface area contributed by atoms with Crippen molar-refractivity contribution < 1.29 is 9.59 Å². The number of rotatable bonds is 5. The second kappa shape index (κ2) is 8.78. The van der Waals surface area contributed by atoms with E-state index in [2.05, 4.69) is 10.4 Å². The van der Waals surface area contributed by atoms with Crippen molar-refractivity contribution in [1.82, 2.24) is 9.78 Å². The third-order valence-electron chi connectivity index (χ3n) is 5.57. The summed E-state index contributed by atoms with van der Waals surface area (Å²) in [5.41, 5.74) is 4.66. The molecule has 0 radical (unpaired) electrons. The minimum atomic E-state index is -0.351. The maximum Gasteiger partial charge on any atom is 0.278 e. The Morgan fingerprint density at radius 3 is 2.53 bits per heavy atom. The van der Waals surface area contributed by atoms with E-state index in [1.165, 1.54) is 16.8 Å². The minimum absolute atomic E-state index is 0.00522. The molecule has 164 valence electrons. The molecule has 4 rings (SSSR count). The first-order valence-corrected chi connectivity index (χ1v) is 10.7. The molecule has 32 heavy (non-hydrogen) atoms. The molecule has 2 heterocycles. The Morgan fingerprint density at radius 2 is 1.78 bits per heavy atom. The quantitative estimate of drug-likeness (QED) is 0.672. The molecule has 0 fully saturated rings. The Bertz CT molecular complexity index is 1230. The molecular weight excluding hydrogens is 404 g/mol. The van der Waals surface area contributed by atoms with Crippen LogP contribution in [0.2, 0.25) is 0 Å². The molecule has 2 amide bonds. The van der Waals surface area contributed by atoms with Gasteiger partial charge >= 0.3 is 0 Å². The van der Waals surface area contributed by atoms with E-state index >= 15 is 0 Å². The predicted molar refractivity (Wildman–Crippen MR) is 124 cm³/mol. The van der Waals surface area contributed by atoms with Crippen LogP contribution in [0.1, 0.15) is 40.5 Å². The third kappa shape index (κ3) is 4.46. The first-order valence-electron chi connectivity index (χ1n) is 10.7. The molecule has 1 aliphatic rings. The molecule has 7 heteroatoms. The third-order valence-corrected chi connectivity index (χ3v) is 5.57. The lowest BCUT2D eigenvalue weighted by Crippen LogP contribution is -2.37. The Morgan fingerprint density at radius 1 is 1.06 bits per heavy atom. The number of hydrogen-bond acceptors (Lipinski definition) is 4. The Hall–Kier alpha value is -3.74. The second-order valence-electron chi connectivity index (χ2n) is 8.31. The summed E-state index contributed by atoms with van der Waals surface area (Å²) in [6, 6.07) is 16.4. The van der Waals surface area contributed by atoms with E-state index in [4.69, 9.17) is 0 Å². The van der Waals surface area contributed by atoms with Crippen molar-refractivity contribution >= 4 is 23.2 Å². The van der Waals surface area contributed by atoms with Crippen molar-refractivity contribution in [2.24, 2.45) is 0 Å². The van der Waals surface area contributed by atoms with E-state index < -0.39 is 0 Å². The van der Waals surface area contributed by atoms with Crippen molar-refractivity contribution in [3.8, 4) is 0 Å². The van der Waals surface area contributed by atoms with Crippen LogP contribution in [0.15, 0.2) is 59.4 Å². The normalized spacial score (nSPS) is 14.8. The molecule has 1 N–H and O–H groups in total. The zero-order valence-corrected chi connectivity index (χ0v) is 18.5. The number of nitrogens with zero attached hydrogens (tertiary/aromatic N) is 3. The summed E-state index contributed by atoms with van der Waals surface area (Å²) in [4.78, 5) is 39.6. The van der Waals surface area contributed by atoms with Crippen LogP contribution >= 0.6 is 0 Å². The van der Waals surface area contributed by atoms with Gasteiger partial charge in [0.15, 0.2) is 0 Å². The lowest BCUT2D eigenvalue weighted by atomic mass is 10.1. The van der Waals surface area contributed by atoms with Gasteiger partial charge in [-0.1, -0.05) is 24.3 Å². The highest BCUT2D eigenvalue weighted by Crippen LogP contribution is 2.32. The number of hydrogen-bond donors (Lipinski definition) is 1. The Kier molecular flexibility index (Phi) is 5.90. The highest BCUT2D eigenvalue weighted by atomic mass is 16.2. The number of para-hydroxylation sites is 1. The van der Waals surface area contributed by atoms with Crippen LogP contribution < -0.4 is 15.8 Å². The maximum atomic E-state index is 13.2. The van der Waals surface area contributed by atoms with Crippen molar-refractivity contribution in [2.45, 2.75) is 46.2 Å². The van der Waals surface area contributed by atoms with E-state index in [1.807, 2.05) is 63.2 Å². The maximum absolute atomic E-state index is 13.2. The molecule has 0 spiro atoms. The molecule has 0 bridgehead atoms. The lowest BCUT2D eigenvalue weighted by Gasteiger charge is -2.22. The highest BCUT2D eigenvalue weighted by Gasteiger charge is 2.32. The summed E-state index contributed by atoms with van der Waals surface area (Å²) in [5.74, 6) is -0.474. The van der Waals surface area contributed by atoms with Gasteiger partial charge in [-0.25, -0.2) is 4.68 Å². The first kappa shape index (κ1) is 21.5. The molecule has 0 unspecified atom stereocenters. The largest absolute Gasteiger partial charge is 0.326 e. The van der Waals surface area contributed by atoms with Crippen molar-refractivity contribution in [3.63, 3.8) is 0 Å². The Labute approximate surface area is 186 Å². The summed E-state index contributed by atoms with van der Waals surface area (Å²) in [6.45, 7) is 6.01. The number of carbonyl (C=O) groups excluding carboxylic acids is 2. The fraction of sp³-hybridized carbons (Fsp3) is 0.280. The number of amides is 2. The van der Waals surface area contributed by atoms with Crippen LogP contribution in [0, 0.1) is 13.8 Å². The number of anilines is 2. The molecule has 0 saturated heterocycles. The summed E-state index contributed by atoms with van der Waals surface area (Å²) < 4.78 is 1.18. The number of fused-ring (bicyclic) bond motifs is 1. The van der Waals surface area contributed by atoms with E-state index in [1.54, 1.807) is 4.90 Å². The monoisotopic (exact) mass is 430 g/mol.